The van der Waals surface area contributed by atoms with Crippen molar-refractivity contribution in [3.63, 3.8) is 0 Å². The van der Waals surface area contributed by atoms with E-state index in [9.17, 15) is 19.5 Å². The summed E-state index contributed by atoms with van der Waals surface area (Å²) in [6.07, 6.45) is 8.73. The van der Waals surface area contributed by atoms with E-state index in [1.54, 1.807) is 53.5 Å². The van der Waals surface area contributed by atoms with Gasteiger partial charge in [-0.1, -0.05) is 6.07 Å². The van der Waals surface area contributed by atoms with E-state index in [-0.39, 0.29) is 29.8 Å². The average Bonchev–Trinajstić information content (AvgIpc) is 3.69. The number of carbonyl (C=O) groups is 2. The monoisotopic (exact) mass is 513 g/mol. The number of rotatable bonds is 6. The molecule has 1 saturated heterocycles. The van der Waals surface area contributed by atoms with Gasteiger partial charge in [0, 0.05) is 42.7 Å². The lowest BCUT2D eigenvalue weighted by atomic mass is 9.91. The summed E-state index contributed by atoms with van der Waals surface area (Å²) in [6.45, 7) is 1.08. The number of carbonyl (C=O) groups excluding carboxylic acids is 2. The van der Waals surface area contributed by atoms with E-state index < -0.39 is 5.60 Å². The van der Waals surface area contributed by atoms with Gasteiger partial charge in [0.2, 0.25) is 5.91 Å². The van der Waals surface area contributed by atoms with Crippen LogP contribution in [0.4, 0.5) is 5.69 Å². The van der Waals surface area contributed by atoms with Gasteiger partial charge in [0.15, 0.2) is 5.65 Å². The average molecular weight is 514 g/mol. The molecule has 4 aromatic rings. The zero-order valence-electron chi connectivity index (χ0n) is 20.7. The highest BCUT2D eigenvalue weighted by Gasteiger charge is 2.39. The van der Waals surface area contributed by atoms with E-state index in [2.05, 4.69) is 20.4 Å². The molecule has 2 N–H and O–H groups in total. The van der Waals surface area contributed by atoms with Crippen molar-refractivity contribution in [2.45, 2.75) is 37.8 Å². The number of nitrogens with one attached hydrogen (secondary N) is 1. The van der Waals surface area contributed by atoms with Crippen LogP contribution in [-0.2, 0) is 11.3 Å². The number of likely N-dealkylation sites (tertiary alicyclic amines) is 1. The van der Waals surface area contributed by atoms with Crippen molar-refractivity contribution in [3.8, 4) is 5.69 Å². The van der Waals surface area contributed by atoms with Gasteiger partial charge in [-0.25, -0.2) is 9.67 Å². The quantitative estimate of drug-likeness (QED) is 0.403. The first-order valence-corrected chi connectivity index (χ1v) is 12.7. The molecule has 38 heavy (non-hydrogen) atoms. The molecule has 0 radical (unpaired) electrons. The van der Waals surface area contributed by atoms with Crippen LogP contribution in [-0.4, -0.2) is 64.8 Å². The van der Waals surface area contributed by atoms with Crippen molar-refractivity contribution in [2.75, 3.05) is 18.4 Å². The van der Waals surface area contributed by atoms with Gasteiger partial charge < -0.3 is 15.3 Å². The third-order valence-corrected chi connectivity index (χ3v) is 7.24. The van der Waals surface area contributed by atoms with Gasteiger partial charge in [-0.05, 0) is 56.0 Å². The number of anilines is 1. The van der Waals surface area contributed by atoms with Crippen LogP contribution in [0.5, 0.6) is 0 Å². The maximum absolute atomic E-state index is 13.3. The fourth-order valence-corrected chi connectivity index (χ4v) is 4.88. The molecule has 2 fully saturated rings. The van der Waals surface area contributed by atoms with Crippen LogP contribution < -0.4 is 10.9 Å². The fraction of sp³-hybridized carbons (Fsp3) is 0.333. The summed E-state index contributed by atoms with van der Waals surface area (Å²) in [7, 11) is 0. The molecule has 0 bridgehead atoms. The van der Waals surface area contributed by atoms with Crippen LogP contribution >= 0.6 is 0 Å². The standard InChI is InChI=1S/C27H27N7O4/c35-24(18-6-10-28-11-7-18)31-20-2-1-3-21(14-20)34-23-22(15-30-34)26(37)33(17-29-23)16-27(38)8-12-32(13-9-27)25(36)19-4-5-19/h1-3,6-7,10-11,14-15,17,19,38H,4-5,8-9,12-13,16H2,(H,31,35). The molecule has 1 saturated carbocycles. The zero-order chi connectivity index (χ0) is 26.3. The largest absolute Gasteiger partial charge is 0.388 e. The highest BCUT2D eigenvalue weighted by Crippen LogP contribution is 2.33. The van der Waals surface area contributed by atoms with Gasteiger partial charge in [0.25, 0.3) is 11.5 Å². The third-order valence-electron chi connectivity index (χ3n) is 7.24. The minimum Gasteiger partial charge on any atom is -0.388 e. The van der Waals surface area contributed by atoms with Crippen LogP contribution in [0.2, 0.25) is 0 Å². The van der Waals surface area contributed by atoms with Crippen LogP contribution in [0.25, 0.3) is 16.7 Å². The number of aromatic nitrogens is 5. The molecule has 0 atom stereocenters. The summed E-state index contributed by atoms with van der Waals surface area (Å²) in [4.78, 5) is 48.4. The Morgan fingerprint density at radius 3 is 2.61 bits per heavy atom. The maximum atomic E-state index is 13.3. The van der Waals surface area contributed by atoms with Gasteiger partial charge in [0.1, 0.15) is 11.7 Å². The Morgan fingerprint density at radius 1 is 1.11 bits per heavy atom. The van der Waals surface area contributed by atoms with Gasteiger partial charge in [-0.3, -0.25) is 23.9 Å². The normalized spacial score (nSPS) is 16.9. The van der Waals surface area contributed by atoms with Crippen LogP contribution in [0, 0.1) is 5.92 Å². The third kappa shape index (κ3) is 4.68. The SMILES string of the molecule is O=C(Nc1cccc(-n2ncc3c(=O)n(CC4(O)CCN(C(=O)C5CC5)CC4)cnc32)c1)c1ccncc1. The first-order valence-electron chi connectivity index (χ1n) is 12.7. The molecule has 1 aliphatic carbocycles. The molecule has 2 aliphatic rings. The van der Waals surface area contributed by atoms with Gasteiger partial charge in [-0.2, -0.15) is 5.10 Å². The minimum absolute atomic E-state index is 0.0991. The first-order chi connectivity index (χ1) is 18.4. The summed E-state index contributed by atoms with van der Waals surface area (Å²) in [5, 5.41) is 18.7. The Balaban J connectivity index is 1.20. The summed E-state index contributed by atoms with van der Waals surface area (Å²) in [5.74, 6) is 0.0719. The van der Waals surface area contributed by atoms with Gasteiger partial charge >= 0.3 is 0 Å². The van der Waals surface area contributed by atoms with Crippen molar-refractivity contribution in [1.82, 2.24) is 29.2 Å². The second-order valence-electron chi connectivity index (χ2n) is 10.0. The molecule has 11 nitrogen and oxygen atoms in total. The summed E-state index contributed by atoms with van der Waals surface area (Å²) in [6, 6.07) is 10.4. The van der Waals surface area contributed by atoms with E-state index in [0.29, 0.717) is 53.9 Å². The second kappa shape index (κ2) is 9.49. The number of amides is 2. The Labute approximate surface area is 217 Å². The molecule has 6 rings (SSSR count). The second-order valence-corrected chi connectivity index (χ2v) is 10.0. The van der Waals surface area contributed by atoms with E-state index in [1.807, 2.05) is 4.90 Å². The zero-order valence-corrected chi connectivity index (χ0v) is 20.7. The lowest BCUT2D eigenvalue weighted by molar-refractivity contribution is -0.137. The van der Waals surface area contributed by atoms with Crippen LogP contribution in [0.3, 0.4) is 0 Å². The molecule has 1 aliphatic heterocycles. The summed E-state index contributed by atoms with van der Waals surface area (Å²) < 4.78 is 2.96. The number of hydrogen-bond donors (Lipinski definition) is 2. The number of nitrogens with zero attached hydrogens (tertiary/aromatic N) is 6. The highest BCUT2D eigenvalue weighted by molar-refractivity contribution is 6.04. The minimum atomic E-state index is -1.09. The predicted molar refractivity (Wildman–Crippen MR) is 139 cm³/mol. The Morgan fingerprint density at radius 2 is 1.87 bits per heavy atom. The number of benzene rings is 1. The molecule has 4 heterocycles. The van der Waals surface area contributed by atoms with Gasteiger partial charge in [-0.15, -0.1) is 0 Å². The Bertz CT molecular complexity index is 1570. The molecule has 2 amide bonds. The van der Waals surface area contributed by atoms with Crippen molar-refractivity contribution >= 4 is 28.5 Å². The number of pyridine rings is 1. The molecular weight excluding hydrogens is 486 g/mol. The molecule has 1 aromatic carbocycles. The van der Waals surface area contributed by atoms with Crippen molar-refractivity contribution < 1.29 is 14.7 Å². The molecule has 11 heteroatoms. The van der Waals surface area contributed by atoms with E-state index >= 15 is 0 Å². The smallest absolute Gasteiger partial charge is 0.264 e. The fourth-order valence-electron chi connectivity index (χ4n) is 4.88. The first kappa shape index (κ1) is 24.0. The number of piperidine rings is 1. The van der Waals surface area contributed by atoms with E-state index in [4.69, 9.17) is 0 Å². The molecule has 194 valence electrons. The lowest BCUT2D eigenvalue weighted by Gasteiger charge is -2.38. The molecular formula is C27H27N7O4. The van der Waals surface area contributed by atoms with Gasteiger partial charge in [0.05, 0.1) is 24.0 Å². The maximum Gasteiger partial charge on any atom is 0.264 e. The molecule has 3 aromatic heterocycles. The Kier molecular flexibility index (Phi) is 5.99. The number of aliphatic hydroxyl groups is 1. The topological polar surface area (TPSA) is 135 Å². The number of hydrogen-bond acceptors (Lipinski definition) is 7. The predicted octanol–water partition coefficient (Wildman–Crippen LogP) is 1.99. The Hall–Kier alpha value is -4.38. The molecule has 0 unspecified atom stereocenters. The van der Waals surface area contributed by atoms with E-state index in [1.165, 1.54) is 17.1 Å². The van der Waals surface area contributed by atoms with Crippen molar-refractivity contribution in [3.05, 3.63) is 77.2 Å². The summed E-state index contributed by atoms with van der Waals surface area (Å²) in [5.41, 5.74) is 0.670. The van der Waals surface area contributed by atoms with Crippen molar-refractivity contribution in [1.29, 1.82) is 0 Å². The number of fused-ring (bicyclic) bond motifs is 1. The lowest BCUT2D eigenvalue weighted by Crippen LogP contribution is -2.50. The van der Waals surface area contributed by atoms with Crippen LogP contribution in [0.15, 0.2) is 66.1 Å². The highest BCUT2D eigenvalue weighted by atomic mass is 16.3. The van der Waals surface area contributed by atoms with Crippen LogP contribution in [0.1, 0.15) is 36.0 Å². The van der Waals surface area contributed by atoms with Crippen molar-refractivity contribution in [2.24, 2.45) is 5.92 Å². The summed E-state index contributed by atoms with van der Waals surface area (Å²) >= 11 is 0. The molecule has 0 spiro atoms. The van der Waals surface area contributed by atoms with E-state index in [0.717, 1.165) is 12.8 Å².